The SMILES string of the molecule is CCCS(=O)Nc1ccc(F)c(C(=O)c2ccc3[nH]c4ncc(-c5ccccc5F)cc4c3c2)c1F. The zero-order valence-corrected chi connectivity index (χ0v) is 19.9. The number of anilines is 1. The third-order valence-corrected chi connectivity index (χ3v) is 7.06. The zero-order valence-electron chi connectivity index (χ0n) is 19.1. The summed E-state index contributed by atoms with van der Waals surface area (Å²) < 4.78 is 58.6. The second-order valence-corrected chi connectivity index (χ2v) is 9.55. The van der Waals surface area contributed by atoms with Gasteiger partial charge in [0.1, 0.15) is 28.3 Å². The van der Waals surface area contributed by atoms with Gasteiger partial charge in [-0.05, 0) is 48.9 Å². The molecule has 0 aliphatic carbocycles. The fourth-order valence-corrected chi connectivity index (χ4v) is 4.98. The number of carbonyl (C=O) groups excluding carboxylic acids is 1. The van der Waals surface area contributed by atoms with Gasteiger partial charge in [0.05, 0.1) is 11.3 Å². The fraction of sp³-hybridized carbons (Fsp3) is 0.111. The molecule has 182 valence electrons. The maximum atomic E-state index is 15.1. The van der Waals surface area contributed by atoms with Crippen LogP contribution in [0, 0.1) is 17.5 Å². The van der Waals surface area contributed by atoms with E-state index in [0.717, 1.165) is 12.1 Å². The van der Waals surface area contributed by atoms with Gasteiger partial charge in [0.2, 0.25) is 0 Å². The first kappa shape index (κ1) is 23.7. The number of nitrogens with one attached hydrogen (secondary N) is 2. The van der Waals surface area contributed by atoms with Crippen molar-refractivity contribution in [3.05, 3.63) is 95.4 Å². The number of rotatable bonds is 7. The number of benzene rings is 3. The summed E-state index contributed by atoms with van der Waals surface area (Å²) in [5, 5.41) is 1.23. The van der Waals surface area contributed by atoms with E-state index in [2.05, 4.69) is 14.7 Å². The normalized spacial score (nSPS) is 12.2. The molecule has 0 bridgehead atoms. The molecule has 0 fully saturated rings. The van der Waals surface area contributed by atoms with Gasteiger partial charge in [-0.1, -0.05) is 25.1 Å². The number of nitrogens with zero attached hydrogens (tertiary/aromatic N) is 1. The van der Waals surface area contributed by atoms with E-state index in [9.17, 15) is 17.8 Å². The van der Waals surface area contributed by atoms with E-state index in [-0.39, 0.29) is 17.0 Å². The fourth-order valence-electron chi connectivity index (χ4n) is 4.10. The van der Waals surface area contributed by atoms with Crippen LogP contribution in [0.2, 0.25) is 0 Å². The number of fused-ring (bicyclic) bond motifs is 3. The van der Waals surface area contributed by atoms with Gasteiger partial charge in [0.25, 0.3) is 0 Å². The molecular formula is C27H20F3N3O2S. The van der Waals surface area contributed by atoms with Crippen molar-refractivity contribution in [1.82, 2.24) is 9.97 Å². The lowest BCUT2D eigenvalue weighted by atomic mass is 9.99. The summed E-state index contributed by atoms with van der Waals surface area (Å²) in [5.41, 5.74) is 1.22. The Balaban J connectivity index is 1.59. The third kappa shape index (κ3) is 4.26. The van der Waals surface area contributed by atoms with Gasteiger partial charge in [-0.25, -0.2) is 22.4 Å². The van der Waals surface area contributed by atoms with E-state index in [1.807, 2.05) is 6.92 Å². The predicted octanol–water partition coefficient (Wildman–Crippen LogP) is 6.52. The molecule has 2 heterocycles. The summed E-state index contributed by atoms with van der Waals surface area (Å²) in [6.45, 7) is 1.82. The average molecular weight is 508 g/mol. The van der Waals surface area contributed by atoms with E-state index in [1.54, 1.807) is 36.5 Å². The summed E-state index contributed by atoms with van der Waals surface area (Å²) in [6.07, 6.45) is 2.15. The number of halogens is 3. The molecule has 5 rings (SSSR count). The van der Waals surface area contributed by atoms with E-state index >= 15 is 4.39 Å². The highest BCUT2D eigenvalue weighted by Crippen LogP contribution is 2.31. The molecule has 0 saturated heterocycles. The summed E-state index contributed by atoms with van der Waals surface area (Å²) in [5.74, 6) is -3.10. The Morgan fingerprint density at radius 3 is 2.58 bits per heavy atom. The lowest BCUT2D eigenvalue weighted by Crippen LogP contribution is -2.13. The molecule has 0 aliphatic rings. The van der Waals surface area contributed by atoms with Crippen LogP contribution in [0.3, 0.4) is 0 Å². The molecule has 36 heavy (non-hydrogen) atoms. The van der Waals surface area contributed by atoms with Crippen molar-refractivity contribution >= 4 is 44.4 Å². The van der Waals surface area contributed by atoms with E-state index in [0.29, 0.717) is 39.5 Å². The van der Waals surface area contributed by atoms with Crippen LogP contribution >= 0.6 is 0 Å². The number of H-pyrrole nitrogens is 1. The second kappa shape index (κ2) is 9.58. The highest BCUT2D eigenvalue weighted by Gasteiger charge is 2.23. The minimum atomic E-state index is -1.56. The van der Waals surface area contributed by atoms with Gasteiger partial charge >= 0.3 is 0 Å². The summed E-state index contributed by atoms with van der Waals surface area (Å²) in [7, 11) is -1.56. The van der Waals surface area contributed by atoms with Crippen LogP contribution in [-0.4, -0.2) is 25.7 Å². The molecule has 1 atom stereocenters. The maximum Gasteiger partial charge on any atom is 0.199 e. The summed E-state index contributed by atoms with van der Waals surface area (Å²) >= 11 is 0. The molecule has 2 N–H and O–H groups in total. The van der Waals surface area contributed by atoms with Gasteiger partial charge in [-0.2, -0.15) is 0 Å². The van der Waals surface area contributed by atoms with E-state index in [1.165, 1.54) is 18.2 Å². The Hall–Kier alpha value is -3.98. The first-order chi connectivity index (χ1) is 17.4. The number of hydrogen-bond acceptors (Lipinski definition) is 3. The van der Waals surface area contributed by atoms with Crippen LogP contribution in [0.4, 0.5) is 18.9 Å². The molecule has 5 nitrogen and oxygen atoms in total. The van der Waals surface area contributed by atoms with Gasteiger partial charge in [0.15, 0.2) is 11.6 Å². The number of aromatic amines is 1. The van der Waals surface area contributed by atoms with Crippen molar-refractivity contribution in [1.29, 1.82) is 0 Å². The summed E-state index contributed by atoms with van der Waals surface area (Å²) in [4.78, 5) is 20.7. The molecule has 1 unspecified atom stereocenters. The first-order valence-corrected chi connectivity index (χ1v) is 12.5. The predicted molar refractivity (Wildman–Crippen MR) is 136 cm³/mol. The van der Waals surface area contributed by atoms with Crippen LogP contribution < -0.4 is 4.72 Å². The van der Waals surface area contributed by atoms with Gasteiger partial charge in [-0.3, -0.25) is 4.79 Å². The molecule has 5 aromatic rings. The van der Waals surface area contributed by atoms with Gasteiger partial charge in [-0.15, -0.1) is 0 Å². The average Bonchev–Trinajstić information content (AvgIpc) is 3.23. The largest absolute Gasteiger partial charge is 0.339 e. The van der Waals surface area contributed by atoms with Crippen molar-refractivity contribution in [2.75, 3.05) is 10.5 Å². The smallest absolute Gasteiger partial charge is 0.199 e. The lowest BCUT2D eigenvalue weighted by molar-refractivity contribution is 0.103. The molecule has 3 aromatic carbocycles. The van der Waals surface area contributed by atoms with Crippen molar-refractivity contribution in [2.24, 2.45) is 0 Å². The zero-order chi connectivity index (χ0) is 25.4. The molecule has 0 amide bonds. The molecule has 0 radical (unpaired) electrons. The van der Waals surface area contributed by atoms with Crippen molar-refractivity contribution in [2.45, 2.75) is 13.3 Å². The third-order valence-electron chi connectivity index (χ3n) is 5.83. The topological polar surface area (TPSA) is 74.8 Å². The van der Waals surface area contributed by atoms with Gasteiger partial charge in [0, 0.05) is 44.9 Å². The van der Waals surface area contributed by atoms with E-state index < -0.39 is 39.8 Å². The molecule has 0 aliphatic heterocycles. The van der Waals surface area contributed by atoms with Crippen LogP contribution in [0.5, 0.6) is 0 Å². The number of ketones is 1. The highest BCUT2D eigenvalue weighted by molar-refractivity contribution is 7.86. The minimum Gasteiger partial charge on any atom is -0.339 e. The van der Waals surface area contributed by atoms with E-state index in [4.69, 9.17) is 0 Å². The molecular weight excluding hydrogens is 487 g/mol. The Labute approximate surface area is 207 Å². The number of aromatic nitrogens is 2. The second-order valence-electron chi connectivity index (χ2n) is 8.25. The lowest BCUT2D eigenvalue weighted by Gasteiger charge is -2.11. The summed E-state index contributed by atoms with van der Waals surface area (Å²) in [6, 6.07) is 14.8. The Bertz CT molecular complexity index is 1670. The monoisotopic (exact) mass is 507 g/mol. The Morgan fingerprint density at radius 1 is 1.00 bits per heavy atom. The minimum absolute atomic E-state index is 0.0596. The molecule has 9 heteroatoms. The first-order valence-electron chi connectivity index (χ1n) is 11.2. The standard InChI is InChI=1S/C27H20F3N3O2S/c1-2-11-36(35)33-23-10-8-21(29)24(25(23)30)26(34)15-7-9-22-18(12-15)19-13-16(14-31-27(19)32-22)17-5-3-4-6-20(17)28/h3-10,12-14,33H,2,11H2,1H3,(H,31,32). The number of hydrogen-bond donors (Lipinski definition) is 2. The van der Waals surface area contributed by atoms with Crippen LogP contribution in [-0.2, 0) is 11.0 Å². The van der Waals surface area contributed by atoms with Crippen LogP contribution in [0.25, 0.3) is 33.1 Å². The Morgan fingerprint density at radius 2 is 1.81 bits per heavy atom. The highest BCUT2D eigenvalue weighted by atomic mass is 32.2. The number of pyridine rings is 1. The van der Waals surface area contributed by atoms with Crippen molar-refractivity contribution < 1.29 is 22.2 Å². The molecule has 2 aromatic heterocycles. The maximum absolute atomic E-state index is 15.1. The molecule has 0 spiro atoms. The van der Waals surface area contributed by atoms with Crippen LogP contribution in [0.15, 0.2) is 66.9 Å². The quantitative estimate of drug-likeness (QED) is 0.246. The Kier molecular flexibility index (Phi) is 6.32. The number of carbonyl (C=O) groups is 1. The molecule has 0 saturated carbocycles. The van der Waals surface area contributed by atoms with Gasteiger partial charge < -0.3 is 9.71 Å². The van der Waals surface area contributed by atoms with Crippen molar-refractivity contribution in [3.63, 3.8) is 0 Å². The van der Waals surface area contributed by atoms with Crippen molar-refractivity contribution in [3.8, 4) is 11.1 Å². The van der Waals surface area contributed by atoms with Crippen LogP contribution in [0.1, 0.15) is 29.3 Å².